The molecule has 192 valence electrons. The van der Waals surface area contributed by atoms with Crippen LogP contribution in [-0.2, 0) is 4.74 Å². The van der Waals surface area contributed by atoms with E-state index in [1.54, 1.807) is 32.6 Å². The third kappa shape index (κ3) is 4.70. The number of morpholine rings is 1. The van der Waals surface area contributed by atoms with Crippen LogP contribution in [0.1, 0.15) is 24.5 Å². The van der Waals surface area contributed by atoms with E-state index in [1.165, 1.54) is 6.21 Å². The minimum absolute atomic E-state index is 0.275. The number of benzene rings is 1. The predicted octanol–water partition coefficient (Wildman–Crippen LogP) is 2.36. The van der Waals surface area contributed by atoms with Gasteiger partial charge in [-0.2, -0.15) is 0 Å². The first-order chi connectivity index (χ1) is 18.0. The molecule has 1 atom stereocenters. The molecule has 1 saturated heterocycles. The summed E-state index contributed by atoms with van der Waals surface area (Å²) in [4.78, 5) is 39.1. The Morgan fingerprint density at radius 1 is 1.24 bits per heavy atom. The number of aromatic amines is 2. The summed E-state index contributed by atoms with van der Waals surface area (Å²) >= 11 is 0. The van der Waals surface area contributed by atoms with Gasteiger partial charge in [-0.05, 0) is 19.1 Å². The fraction of sp³-hybridized carbons (Fsp3) is 0.320. The van der Waals surface area contributed by atoms with Crippen molar-refractivity contribution in [3.8, 4) is 17.1 Å². The SMILES string of the molecule is CN=Cc1[nH]c(=O)c(-c2nc3cc(OC)c(N4CCOCC4)cc3[nH]2)c(NC(C)c2ncccn2)c1N. The van der Waals surface area contributed by atoms with Gasteiger partial charge in [0.2, 0.25) is 0 Å². The molecule has 4 heterocycles. The molecule has 1 unspecified atom stereocenters. The second-order valence-electron chi connectivity index (χ2n) is 8.62. The van der Waals surface area contributed by atoms with Crippen LogP contribution in [0, 0.1) is 0 Å². The zero-order valence-corrected chi connectivity index (χ0v) is 20.9. The van der Waals surface area contributed by atoms with Crippen LogP contribution in [0.2, 0.25) is 0 Å². The van der Waals surface area contributed by atoms with Crippen LogP contribution >= 0.6 is 0 Å². The number of hydrogen-bond acceptors (Lipinski definition) is 10. The van der Waals surface area contributed by atoms with E-state index in [4.69, 9.17) is 20.2 Å². The zero-order chi connectivity index (χ0) is 25.9. The van der Waals surface area contributed by atoms with Gasteiger partial charge >= 0.3 is 0 Å². The van der Waals surface area contributed by atoms with Gasteiger partial charge < -0.3 is 35.4 Å². The summed E-state index contributed by atoms with van der Waals surface area (Å²) in [5, 5.41) is 3.32. The molecular formula is C25H29N9O3. The summed E-state index contributed by atoms with van der Waals surface area (Å²) in [6.07, 6.45) is 4.83. The van der Waals surface area contributed by atoms with Crippen LogP contribution in [0.15, 0.2) is 40.4 Å². The van der Waals surface area contributed by atoms with Crippen LogP contribution in [-0.4, -0.2) is 71.6 Å². The van der Waals surface area contributed by atoms with E-state index in [0.29, 0.717) is 53.2 Å². The van der Waals surface area contributed by atoms with Crippen molar-refractivity contribution in [3.63, 3.8) is 0 Å². The molecule has 4 aromatic rings. The number of hydrogen-bond donors (Lipinski definition) is 4. The molecule has 12 nitrogen and oxygen atoms in total. The summed E-state index contributed by atoms with van der Waals surface area (Å²) in [5.41, 5.74) is 9.92. The van der Waals surface area contributed by atoms with Crippen molar-refractivity contribution in [2.75, 3.05) is 56.4 Å². The first-order valence-electron chi connectivity index (χ1n) is 11.9. The largest absolute Gasteiger partial charge is 0.495 e. The topological polar surface area (TPSA) is 159 Å². The van der Waals surface area contributed by atoms with Crippen molar-refractivity contribution in [3.05, 3.63) is 52.5 Å². The Morgan fingerprint density at radius 3 is 2.70 bits per heavy atom. The average Bonchev–Trinajstić information content (AvgIpc) is 3.34. The Bertz CT molecular complexity index is 1490. The Hall–Kier alpha value is -4.45. The third-order valence-corrected chi connectivity index (χ3v) is 6.25. The highest BCUT2D eigenvalue weighted by atomic mass is 16.5. The van der Waals surface area contributed by atoms with Gasteiger partial charge in [0.25, 0.3) is 5.56 Å². The highest BCUT2D eigenvalue weighted by molar-refractivity contribution is 5.96. The number of nitrogens with two attached hydrogens (primary N) is 1. The second-order valence-corrected chi connectivity index (χ2v) is 8.62. The maximum absolute atomic E-state index is 13.4. The van der Waals surface area contributed by atoms with Crippen LogP contribution in [0.4, 0.5) is 17.1 Å². The molecule has 0 amide bonds. The number of nitrogens with one attached hydrogen (secondary N) is 3. The molecule has 5 rings (SSSR count). The molecule has 0 aliphatic carbocycles. The van der Waals surface area contributed by atoms with E-state index >= 15 is 0 Å². The smallest absolute Gasteiger partial charge is 0.261 e. The molecule has 0 spiro atoms. The van der Waals surface area contributed by atoms with Crippen molar-refractivity contribution in [1.82, 2.24) is 24.9 Å². The van der Waals surface area contributed by atoms with Crippen molar-refractivity contribution < 1.29 is 9.47 Å². The fourth-order valence-corrected chi connectivity index (χ4v) is 4.42. The molecule has 1 aliphatic rings. The molecule has 1 fully saturated rings. The van der Waals surface area contributed by atoms with E-state index < -0.39 is 0 Å². The van der Waals surface area contributed by atoms with Crippen molar-refractivity contribution in [2.45, 2.75) is 13.0 Å². The summed E-state index contributed by atoms with van der Waals surface area (Å²) in [6, 6.07) is 5.25. The number of H-pyrrole nitrogens is 2. The molecule has 1 aromatic carbocycles. The lowest BCUT2D eigenvalue weighted by atomic mass is 10.1. The lowest BCUT2D eigenvalue weighted by molar-refractivity contribution is 0.122. The molecule has 12 heteroatoms. The molecule has 0 radical (unpaired) electrons. The van der Waals surface area contributed by atoms with Gasteiger partial charge in [0.1, 0.15) is 23.0 Å². The number of methoxy groups -OCH3 is 1. The molecule has 0 saturated carbocycles. The number of ether oxygens (including phenoxy) is 2. The van der Waals surface area contributed by atoms with Gasteiger partial charge in [-0.3, -0.25) is 9.79 Å². The van der Waals surface area contributed by atoms with Gasteiger partial charge in [-0.1, -0.05) is 0 Å². The molecule has 1 aliphatic heterocycles. The number of nitrogens with zero attached hydrogens (tertiary/aromatic N) is 5. The number of anilines is 3. The van der Waals surface area contributed by atoms with Gasteiger partial charge in [-0.25, -0.2) is 15.0 Å². The third-order valence-electron chi connectivity index (χ3n) is 6.25. The van der Waals surface area contributed by atoms with Gasteiger partial charge in [0.05, 0.1) is 60.2 Å². The molecule has 5 N–H and O–H groups in total. The summed E-state index contributed by atoms with van der Waals surface area (Å²) in [5.74, 6) is 1.62. The first kappa shape index (κ1) is 24.3. The number of aliphatic imine (C=N–C) groups is 1. The van der Waals surface area contributed by atoms with Crippen molar-refractivity contribution in [1.29, 1.82) is 0 Å². The minimum Gasteiger partial charge on any atom is -0.495 e. The number of aromatic nitrogens is 5. The van der Waals surface area contributed by atoms with E-state index in [0.717, 1.165) is 24.3 Å². The lowest BCUT2D eigenvalue weighted by Crippen LogP contribution is -2.36. The fourth-order valence-electron chi connectivity index (χ4n) is 4.42. The number of pyridine rings is 1. The zero-order valence-electron chi connectivity index (χ0n) is 20.9. The highest BCUT2D eigenvalue weighted by Gasteiger charge is 2.23. The number of nitrogen functional groups attached to an aromatic ring is 1. The quantitative estimate of drug-likeness (QED) is 0.278. The maximum Gasteiger partial charge on any atom is 0.261 e. The Morgan fingerprint density at radius 2 is 2.00 bits per heavy atom. The second kappa shape index (κ2) is 10.3. The molecule has 0 bridgehead atoms. The molecule has 3 aromatic heterocycles. The normalized spacial score (nSPS) is 14.8. The number of imidazole rings is 1. The minimum atomic E-state index is -0.368. The first-order valence-corrected chi connectivity index (χ1v) is 11.9. The average molecular weight is 504 g/mol. The lowest BCUT2D eigenvalue weighted by Gasteiger charge is -2.30. The maximum atomic E-state index is 13.4. The van der Waals surface area contributed by atoms with E-state index in [1.807, 2.05) is 19.1 Å². The van der Waals surface area contributed by atoms with Crippen LogP contribution in [0.5, 0.6) is 5.75 Å². The van der Waals surface area contributed by atoms with E-state index in [2.05, 4.69) is 35.1 Å². The Labute approximate surface area is 213 Å². The van der Waals surface area contributed by atoms with Gasteiger partial charge in [0.15, 0.2) is 0 Å². The molecular weight excluding hydrogens is 474 g/mol. The van der Waals surface area contributed by atoms with E-state index in [9.17, 15) is 4.79 Å². The van der Waals surface area contributed by atoms with E-state index in [-0.39, 0.29) is 17.2 Å². The van der Waals surface area contributed by atoms with Gasteiger partial charge in [0, 0.05) is 44.8 Å². The summed E-state index contributed by atoms with van der Waals surface area (Å²) in [7, 11) is 3.24. The van der Waals surface area contributed by atoms with Crippen LogP contribution in [0.25, 0.3) is 22.4 Å². The monoisotopic (exact) mass is 503 g/mol. The summed E-state index contributed by atoms with van der Waals surface area (Å²) in [6.45, 7) is 4.71. The standard InChI is InChI=1S/C25H29N9O3/c1-14(23-28-5-4-6-29-23)30-22-20(25(35)33-17(13-27-2)21(22)26)24-31-15-11-18(34-7-9-37-10-8-34)19(36-3)12-16(15)32-24/h4-6,11-14H,7-10,26H2,1-3H3,(H,31,32)(H2,30,33,35). The van der Waals surface area contributed by atoms with Gasteiger partial charge in [-0.15, -0.1) is 0 Å². The number of fused-ring (bicyclic) bond motifs is 1. The van der Waals surface area contributed by atoms with Crippen LogP contribution < -0.4 is 26.2 Å². The summed E-state index contributed by atoms with van der Waals surface area (Å²) < 4.78 is 11.2. The number of rotatable bonds is 7. The Balaban J connectivity index is 1.64. The van der Waals surface area contributed by atoms with Crippen molar-refractivity contribution in [2.24, 2.45) is 4.99 Å². The molecule has 37 heavy (non-hydrogen) atoms. The predicted molar refractivity (Wildman–Crippen MR) is 144 cm³/mol. The highest BCUT2D eigenvalue weighted by Crippen LogP contribution is 2.36. The Kier molecular flexibility index (Phi) is 6.73. The van der Waals surface area contributed by atoms with Crippen LogP contribution in [0.3, 0.4) is 0 Å². The van der Waals surface area contributed by atoms with Crippen molar-refractivity contribution >= 4 is 34.3 Å².